The first-order valence-electron chi connectivity index (χ1n) is 9.19. The number of rotatable bonds is 5. The van der Waals surface area contributed by atoms with Crippen LogP contribution >= 0.6 is 0 Å². The minimum Gasteiger partial charge on any atom is -0.445 e. The molecule has 0 bridgehead atoms. The van der Waals surface area contributed by atoms with Gasteiger partial charge in [-0.25, -0.2) is 4.79 Å². The van der Waals surface area contributed by atoms with E-state index in [0.29, 0.717) is 25.1 Å². The van der Waals surface area contributed by atoms with Crippen molar-refractivity contribution in [3.05, 3.63) is 89.2 Å². The lowest BCUT2D eigenvalue weighted by atomic mass is 9.89. The van der Waals surface area contributed by atoms with E-state index < -0.39 is 11.6 Å². The second-order valence-corrected chi connectivity index (χ2v) is 7.11. The second kappa shape index (κ2) is 7.31. The molecule has 0 fully saturated rings. The molecule has 1 aliphatic heterocycles. The summed E-state index contributed by atoms with van der Waals surface area (Å²) in [5, 5.41) is 7.17. The molecule has 2 heterocycles. The third-order valence-electron chi connectivity index (χ3n) is 5.01. The minimum absolute atomic E-state index is 0.302. The summed E-state index contributed by atoms with van der Waals surface area (Å²) >= 11 is 0. The van der Waals surface area contributed by atoms with Crippen LogP contribution in [0.15, 0.2) is 67.0 Å². The Bertz CT molecular complexity index is 1010. The van der Waals surface area contributed by atoms with Crippen LogP contribution < -0.4 is 5.32 Å². The van der Waals surface area contributed by atoms with Gasteiger partial charge in [0.15, 0.2) is 5.60 Å². The van der Waals surface area contributed by atoms with Gasteiger partial charge in [0, 0.05) is 25.4 Å². The number of hydrogen-bond donors (Lipinski definition) is 1. The highest BCUT2D eigenvalue weighted by molar-refractivity contribution is 5.97. The molecule has 1 aromatic heterocycles. The van der Waals surface area contributed by atoms with E-state index >= 15 is 0 Å². The predicted octanol–water partition coefficient (Wildman–Crippen LogP) is 2.72. The molecule has 0 spiro atoms. The summed E-state index contributed by atoms with van der Waals surface area (Å²) < 4.78 is 7.34. The van der Waals surface area contributed by atoms with Gasteiger partial charge in [0.05, 0.1) is 12.1 Å². The van der Waals surface area contributed by atoms with Gasteiger partial charge in [-0.05, 0) is 35.7 Å². The molecule has 1 aliphatic rings. The van der Waals surface area contributed by atoms with Crippen LogP contribution in [-0.2, 0) is 29.0 Å². The molecule has 1 atom stereocenters. The molecule has 28 heavy (non-hydrogen) atoms. The second-order valence-electron chi connectivity index (χ2n) is 7.11. The number of aromatic nitrogens is 2. The zero-order valence-electron chi connectivity index (χ0n) is 15.6. The van der Waals surface area contributed by atoms with Gasteiger partial charge < -0.3 is 10.1 Å². The minimum atomic E-state index is -1.22. The van der Waals surface area contributed by atoms with Crippen LogP contribution in [-0.4, -0.2) is 27.3 Å². The Balaban J connectivity index is 1.47. The van der Waals surface area contributed by atoms with Gasteiger partial charge >= 0.3 is 5.97 Å². The number of carbonyl (C=O) groups is 2. The van der Waals surface area contributed by atoms with E-state index in [1.54, 1.807) is 25.3 Å². The number of carbonyl (C=O) groups excluding carboxylic acids is 2. The summed E-state index contributed by atoms with van der Waals surface area (Å²) in [6.45, 7) is 2.63. The van der Waals surface area contributed by atoms with Crippen LogP contribution in [0.1, 0.15) is 34.0 Å². The SMILES string of the molecule is CC1(C(=O)NCc2ccccc2Cn2cccn2)Cc2ccccc2C(=O)O1. The number of nitrogens with one attached hydrogen (secondary N) is 1. The molecular weight excluding hydrogens is 354 g/mol. The van der Waals surface area contributed by atoms with Gasteiger partial charge in [0.1, 0.15) is 0 Å². The third kappa shape index (κ3) is 3.53. The Morgan fingerprint density at radius 1 is 1.14 bits per heavy atom. The summed E-state index contributed by atoms with van der Waals surface area (Å²) in [7, 11) is 0. The summed E-state index contributed by atoms with van der Waals surface area (Å²) in [4.78, 5) is 25.2. The molecule has 0 aliphatic carbocycles. The van der Waals surface area contributed by atoms with Gasteiger partial charge in [-0.3, -0.25) is 9.48 Å². The molecule has 0 saturated carbocycles. The quantitative estimate of drug-likeness (QED) is 0.696. The van der Waals surface area contributed by atoms with E-state index in [4.69, 9.17) is 4.74 Å². The number of hydrogen-bond acceptors (Lipinski definition) is 4. The maximum Gasteiger partial charge on any atom is 0.339 e. The van der Waals surface area contributed by atoms with Crippen LogP contribution in [0.2, 0.25) is 0 Å². The van der Waals surface area contributed by atoms with E-state index in [0.717, 1.165) is 16.7 Å². The summed E-state index contributed by atoms with van der Waals surface area (Å²) in [5.74, 6) is -0.761. The highest BCUT2D eigenvalue weighted by Gasteiger charge is 2.42. The largest absolute Gasteiger partial charge is 0.445 e. The number of nitrogens with zero attached hydrogens (tertiary/aromatic N) is 2. The van der Waals surface area contributed by atoms with Crippen LogP contribution in [0.4, 0.5) is 0 Å². The van der Waals surface area contributed by atoms with Crippen LogP contribution in [0, 0.1) is 0 Å². The molecule has 2 aromatic carbocycles. The van der Waals surface area contributed by atoms with Crippen molar-refractivity contribution in [2.24, 2.45) is 0 Å². The van der Waals surface area contributed by atoms with E-state index in [2.05, 4.69) is 10.4 Å². The van der Waals surface area contributed by atoms with E-state index in [-0.39, 0.29) is 5.91 Å². The topological polar surface area (TPSA) is 73.2 Å². The maximum atomic E-state index is 12.9. The lowest BCUT2D eigenvalue weighted by Crippen LogP contribution is -2.51. The van der Waals surface area contributed by atoms with Gasteiger partial charge in [0.2, 0.25) is 0 Å². The lowest BCUT2D eigenvalue weighted by Gasteiger charge is -2.33. The first-order chi connectivity index (χ1) is 13.5. The molecule has 1 unspecified atom stereocenters. The Morgan fingerprint density at radius 2 is 1.89 bits per heavy atom. The molecule has 3 aromatic rings. The van der Waals surface area contributed by atoms with Crippen molar-refractivity contribution in [3.8, 4) is 0 Å². The number of fused-ring (bicyclic) bond motifs is 1. The molecule has 6 nitrogen and oxygen atoms in total. The van der Waals surface area contributed by atoms with Gasteiger partial charge in [-0.2, -0.15) is 5.10 Å². The smallest absolute Gasteiger partial charge is 0.339 e. The first-order valence-corrected chi connectivity index (χ1v) is 9.19. The fourth-order valence-corrected chi connectivity index (χ4v) is 3.47. The molecule has 1 amide bonds. The highest BCUT2D eigenvalue weighted by atomic mass is 16.6. The Labute approximate surface area is 163 Å². The summed E-state index contributed by atoms with van der Waals surface area (Å²) in [6.07, 6.45) is 3.99. The average molecular weight is 375 g/mol. The fraction of sp³-hybridized carbons (Fsp3) is 0.227. The lowest BCUT2D eigenvalue weighted by molar-refractivity contribution is -0.140. The zero-order chi connectivity index (χ0) is 19.6. The number of amides is 1. The van der Waals surface area contributed by atoms with Gasteiger partial charge in [0.25, 0.3) is 5.91 Å². The molecule has 4 rings (SSSR count). The van der Waals surface area contributed by atoms with Crippen molar-refractivity contribution < 1.29 is 14.3 Å². The average Bonchev–Trinajstić information content (AvgIpc) is 3.20. The molecular formula is C22H21N3O3. The van der Waals surface area contributed by atoms with Crippen molar-refractivity contribution >= 4 is 11.9 Å². The fourth-order valence-electron chi connectivity index (χ4n) is 3.47. The third-order valence-corrected chi connectivity index (χ3v) is 5.01. The molecule has 142 valence electrons. The van der Waals surface area contributed by atoms with E-state index in [9.17, 15) is 9.59 Å². The molecule has 0 radical (unpaired) electrons. The summed E-state index contributed by atoms with van der Waals surface area (Å²) in [5.41, 5.74) is 2.20. The zero-order valence-corrected chi connectivity index (χ0v) is 15.6. The summed E-state index contributed by atoms with van der Waals surface area (Å²) in [6, 6.07) is 17.0. The maximum absolute atomic E-state index is 12.9. The number of cyclic esters (lactones) is 1. The normalized spacial score (nSPS) is 18.2. The Morgan fingerprint density at radius 3 is 2.68 bits per heavy atom. The first kappa shape index (κ1) is 18.0. The van der Waals surface area contributed by atoms with Crippen molar-refractivity contribution in [2.45, 2.75) is 32.0 Å². The number of esters is 1. The van der Waals surface area contributed by atoms with Crippen LogP contribution in [0.25, 0.3) is 0 Å². The van der Waals surface area contributed by atoms with Crippen LogP contribution in [0.3, 0.4) is 0 Å². The van der Waals surface area contributed by atoms with E-state index in [1.165, 1.54) is 0 Å². The van der Waals surface area contributed by atoms with Crippen LogP contribution in [0.5, 0.6) is 0 Å². The number of ether oxygens (including phenoxy) is 1. The van der Waals surface area contributed by atoms with Crippen molar-refractivity contribution in [1.82, 2.24) is 15.1 Å². The predicted molar refractivity (Wildman–Crippen MR) is 104 cm³/mol. The number of benzene rings is 2. The van der Waals surface area contributed by atoms with Gasteiger partial charge in [-0.1, -0.05) is 42.5 Å². The van der Waals surface area contributed by atoms with Crippen molar-refractivity contribution in [1.29, 1.82) is 0 Å². The highest BCUT2D eigenvalue weighted by Crippen LogP contribution is 2.28. The van der Waals surface area contributed by atoms with Crippen molar-refractivity contribution in [2.75, 3.05) is 0 Å². The molecule has 0 saturated heterocycles. The molecule has 6 heteroatoms. The van der Waals surface area contributed by atoms with Crippen molar-refractivity contribution in [3.63, 3.8) is 0 Å². The van der Waals surface area contributed by atoms with E-state index in [1.807, 2.05) is 53.3 Å². The molecule has 1 N–H and O–H groups in total. The standard InChI is InChI=1S/C22H21N3O3/c1-22(13-16-7-4-5-10-19(16)20(26)28-22)21(27)23-14-17-8-2-3-9-18(17)15-25-12-6-11-24-25/h2-12H,13-15H2,1H3,(H,23,27). The Kier molecular flexibility index (Phi) is 4.69. The Hall–Kier alpha value is -3.41. The van der Waals surface area contributed by atoms with Gasteiger partial charge in [-0.15, -0.1) is 0 Å². The monoisotopic (exact) mass is 375 g/mol.